The summed E-state index contributed by atoms with van der Waals surface area (Å²) in [6.45, 7) is 0. The van der Waals surface area contributed by atoms with Crippen LogP contribution in [0.5, 0.6) is 5.88 Å². The zero-order valence-electron chi connectivity index (χ0n) is 17.4. The molecule has 0 unspecified atom stereocenters. The smallest absolute Gasteiger partial charge is 0.256 e. The van der Waals surface area contributed by atoms with Crippen LogP contribution >= 0.6 is 69.8 Å². The fourth-order valence-corrected chi connectivity index (χ4v) is 3.77. The Morgan fingerprint density at radius 1 is 0.886 bits per heavy atom. The molecule has 35 heavy (non-hydrogen) atoms. The number of rotatable bonds is 8. The van der Waals surface area contributed by atoms with Gasteiger partial charge in [0.25, 0.3) is 11.8 Å². The number of alkyl halides is 3. The van der Waals surface area contributed by atoms with E-state index in [1.54, 1.807) is 60.7 Å². The predicted octanol–water partition coefficient (Wildman–Crippen LogP) is 6.11. The van der Waals surface area contributed by atoms with E-state index in [2.05, 4.69) is 20.6 Å². The van der Waals surface area contributed by atoms with Gasteiger partial charge in [0, 0.05) is 23.4 Å². The molecule has 3 rings (SSSR count). The summed E-state index contributed by atoms with van der Waals surface area (Å²) in [7, 11) is 0. The SMILES string of the molecule is O=C(NC(Sc1nccc(O[C@@H](NC(=O)c2ccccc2)C(Cl)(Cl)Cl)n1)=C(Cl)Cl)c1ccccc1. The Hall–Kier alpha value is -2.20. The van der Waals surface area contributed by atoms with Crippen molar-refractivity contribution in [1.29, 1.82) is 0 Å². The van der Waals surface area contributed by atoms with Gasteiger partial charge in [-0.3, -0.25) is 9.59 Å². The number of hydrogen-bond donors (Lipinski definition) is 2. The summed E-state index contributed by atoms with van der Waals surface area (Å²) in [5.41, 5.74) is 0.743. The molecule has 0 aliphatic rings. The topological polar surface area (TPSA) is 93.2 Å². The Balaban J connectivity index is 1.74. The highest BCUT2D eigenvalue weighted by Gasteiger charge is 2.37. The molecular weight excluding hydrogens is 578 g/mol. The molecule has 0 saturated heterocycles. The average molecular weight is 593 g/mol. The first-order valence-electron chi connectivity index (χ1n) is 9.65. The summed E-state index contributed by atoms with van der Waals surface area (Å²) in [6.07, 6.45) is -0.0184. The Kier molecular flexibility index (Phi) is 9.91. The van der Waals surface area contributed by atoms with Gasteiger partial charge in [0.15, 0.2) is 5.16 Å². The summed E-state index contributed by atoms with van der Waals surface area (Å²) < 4.78 is 3.41. The quantitative estimate of drug-likeness (QED) is 0.142. The van der Waals surface area contributed by atoms with Crippen molar-refractivity contribution in [1.82, 2.24) is 20.6 Å². The van der Waals surface area contributed by atoms with E-state index in [1.807, 2.05) is 0 Å². The number of thioether (sulfide) groups is 1. The number of nitrogens with zero attached hydrogens (tertiary/aromatic N) is 2. The largest absolute Gasteiger partial charge is 0.449 e. The zero-order chi connectivity index (χ0) is 25.4. The summed E-state index contributed by atoms with van der Waals surface area (Å²) in [5, 5.41) is 5.33. The molecule has 0 aliphatic heterocycles. The summed E-state index contributed by atoms with van der Waals surface area (Å²) in [6, 6.07) is 18.2. The van der Waals surface area contributed by atoms with Gasteiger partial charge in [-0.05, 0) is 36.0 Å². The van der Waals surface area contributed by atoms with Crippen LogP contribution < -0.4 is 15.4 Å². The molecule has 0 radical (unpaired) electrons. The van der Waals surface area contributed by atoms with Gasteiger partial charge in [-0.15, -0.1) is 0 Å². The second-order valence-electron chi connectivity index (χ2n) is 6.57. The minimum absolute atomic E-state index is 0.0217. The highest BCUT2D eigenvalue weighted by atomic mass is 35.6. The van der Waals surface area contributed by atoms with Crippen molar-refractivity contribution in [3.8, 4) is 5.88 Å². The molecular formula is C22H15Cl5N4O3S. The number of benzene rings is 2. The van der Waals surface area contributed by atoms with Crippen LogP contribution in [0.15, 0.2) is 87.6 Å². The normalized spacial score (nSPS) is 11.8. The van der Waals surface area contributed by atoms with E-state index in [9.17, 15) is 9.59 Å². The Morgan fingerprint density at radius 3 is 2.00 bits per heavy atom. The molecule has 1 heterocycles. The number of hydrogen-bond acceptors (Lipinski definition) is 6. The molecule has 1 atom stereocenters. The lowest BCUT2D eigenvalue weighted by atomic mass is 10.2. The van der Waals surface area contributed by atoms with E-state index in [4.69, 9.17) is 62.7 Å². The number of carbonyl (C=O) groups is 2. The molecule has 0 saturated carbocycles. The van der Waals surface area contributed by atoms with E-state index in [-0.39, 0.29) is 20.6 Å². The first kappa shape index (κ1) is 27.4. The van der Waals surface area contributed by atoms with Crippen LogP contribution in [-0.2, 0) is 0 Å². The zero-order valence-corrected chi connectivity index (χ0v) is 22.0. The summed E-state index contributed by atoms with van der Waals surface area (Å²) in [5.74, 6) is -0.973. The van der Waals surface area contributed by atoms with Crippen LogP contribution in [0, 0.1) is 0 Å². The van der Waals surface area contributed by atoms with Crippen molar-refractivity contribution in [2.45, 2.75) is 15.2 Å². The second-order valence-corrected chi connectivity index (χ2v) is 10.9. The van der Waals surface area contributed by atoms with Crippen LogP contribution in [-0.4, -0.2) is 31.8 Å². The molecule has 2 N–H and O–H groups in total. The number of aromatic nitrogens is 2. The molecule has 2 aromatic carbocycles. The summed E-state index contributed by atoms with van der Waals surface area (Å²) >= 11 is 30.8. The van der Waals surface area contributed by atoms with Crippen LogP contribution in [0.1, 0.15) is 20.7 Å². The molecule has 1 aromatic heterocycles. The van der Waals surface area contributed by atoms with Crippen molar-refractivity contribution in [2.75, 3.05) is 0 Å². The van der Waals surface area contributed by atoms with E-state index in [1.165, 1.54) is 12.3 Å². The highest BCUT2D eigenvalue weighted by Crippen LogP contribution is 2.33. The fourth-order valence-electron chi connectivity index (χ4n) is 2.50. The number of ether oxygens (including phenoxy) is 1. The lowest BCUT2D eigenvalue weighted by Crippen LogP contribution is -2.48. The van der Waals surface area contributed by atoms with Gasteiger partial charge < -0.3 is 15.4 Å². The lowest BCUT2D eigenvalue weighted by Gasteiger charge is -2.25. The van der Waals surface area contributed by atoms with Gasteiger partial charge in [0.2, 0.25) is 15.9 Å². The van der Waals surface area contributed by atoms with Gasteiger partial charge in [-0.1, -0.05) is 94.4 Å². The predicted molar refractivity (Wildman–Crippen MR) is 139 cm³/mol. The van der Waals surface area contributed by atoms with Gasteiger partial charge in [-0.2, -0.15) is 4.98 Å². The van der Waals surface area contributed by atoms with Crippen molar-refractivity contribution in [3.63, 3.8) is 0 Å². The number of amides is 2. The minimum atomic E-state index is -2.03. The molecule has 0 spiro atoms. The third-order valence-corrected chi connectivity index (χ3v) is 6.16. The van der Waals surface area contributed by atoms with Crippen molar-refractivity contribution in [3.05, 3.63) is 93.6 Å². The first-order chi connectivity index (χ1) is 16.6. The third kappa shape index (κ3) is 8.45. The molecule has 0 fully saturated rings. The van der Waals surface area contributed by atoms with E-state index in [0.29, 0.717) is 11.1 Å². The van der Waals surface area contributed by atoms with Crippen LogP contribution in [0.4, 0.5) is 0 Å². The van der Waals surface area contributed by atoms with Gasteiger partial charge in [-0.25, -0.2) is 4.98 Å². The lowest BCUT2D eigenvalue weighted by molar-refractivity contribution is 0.0824. The maximum absolute atomic E-state index is 12.5. The maximum atomic E-state index is 12.5. The number of halogens is 5. The molecule has 3 aromatic rings. The molecule has 0 aliphatic carbocycles. The monoisotopic (exact) mass is 590 g/mol. The van der Waals surface area contributed by atoms with Crippen molar-refractivity contribution in [2.24, 2.45) is 0 Å². The number of nitrogens with one attached hydrogen (secondary N) is 2. The Morgan fingerprint density at radius 2 is 1.46 bits per heavy atom. The fraction of sp³-hybridized carbons (Fsp3) is 0.0909. The Labute approximate surface area is 230 Å². The molecule has 7 nitrogen and oxygen atoms in total. The van der Waals surface area contributed by atoms with E-state index < -0.39 is 21.8 Å². The van der Waals surface area contributed by atoms with Gasteiger partial charge >= 0.3 is 0 Å². The molecule has 0 bridgehead atoms. The van der Waals surface area contributed by atoms with E-state index >= 15 is 0 Å². The van der Waals surface area contributed by atoms with E-state index in [0.717, 1.165) is 11.8 Å². The standard InChI is InChI=1S/C22H15Cl5N4O3S/c23-16(24)19(30-17(32)13-7-3-1-4-8-13)35-21-28-12-11-15(29-21)34-20(22(25,26)27)31-18(33)14-9-5-2-6-10-14/h1-12,20H,(H,30,32)(H,31,33)/t20-/m1/s1. The molecule has 2 amide bonds. The van der Waals surface area contributed by atoms with Crippen LogP contribution in [0.2, 0.25) is 0 Å². The van der Waals surface area contributed by atoms with Crippen molar-refractivity contribution < 1.29 is 14.3 Å². The van der Waals surface area contributed by atoms with Crippen molar-refractivity contribution >= 4 is 81.6 Å². The number of carbonyl (C=O) groups excluding carboxylic acids is 2. The second kappa shape index (κ2) is 12.7. The molecule has 182 valence electrons. The third-order valence-electron chi connectivity index (χ3n) is 4.07. The maximum Gasteiger partial charge on any atom is 0.256 e. The van der Waals surface area contributed by atoms with Gasteiger partial charge in [0.1, 0.15) is 9.52 Å². The highest BCUT2D eigenvalue weighted by molar-refractivity contribution is 8.03. The molecule has 13 heteroatoms. The van der Waals surface area contributed by atoms with Gasteiger partial charge in [0.05, 0.1) is 0 Å². The van der Waals surface area contributed by atoms with Crippen LogP contribution in [0.3, 0.4) is 0 Å². The first-order valence-corrected chi connectivity index (χ1v) is 12.4. The Bertz CT molecular complexity index is 1210. The minimum Gasteiger partial charge on any atom is -0.449 e. The summed E-state index contributed by atoms with van der Waals surface area (Å²) in [4.78, 5) is 33.3. The average Bonchev–Trinajstić information content (AvgIpc) is 2.84. The van der Waals surface area contributed by atoms with Crippen LogP contribution in [0.25, 0.3) is 0 Å².